The van der Waals surface area contributed by atoms with E-state index in [0.717, 1.165) is 17.3 Å². The van der Waals surface area contributed by atoms with Crippen molar-refractivity contribution in [2.45, 2.75) is 12.8 Å². The van der Waals surface area contributed by atoms with Gasteiger partial charge in [-0.1, -0.05) is 30.3 Å². The summed E-state index contributed by atoms with van der Waals surface area (Å²) in [4.78, 5) is 4.06. The highest BCUT2D eigenvalue weighted by Gasteiger charge is 2.33. The highest BCUT2D eigenvalue weighted by Crippen LogP contribution is 2.35. The van der Waals surface area contributed by atoms with Crippen LogP contribution in [0.1, 0.15) is 11.1 Å². The Morgan fingerprint density at radius 2 is 1.81 bits per heavy atom. The van der Waals surface area contributed by atoms with Gasteiger partial charge in [-0.2, -0.15) is 13.2 Å². The topological polar surface area (TPSA) is 68.9 Å². The minimum absolute atomic E-state index is 0.0325. The number of benzene rings is 2. The summed E-state index contributed by atoms with van der Waals surface area (Å²) < 4.78 is 48.9. The summed E-state index contributed by atoms with van der Waals surface area (Å²) in [5.74, 6) is -0.0894. The van der Waals surface area contributed by atoms with Crippen LogP contribution in [0.3, 0.4) is 0 Å². The number of hydrogen-bond donors (Lipinski definition) is 2. The lowest BCUT2D eigenvalue weighted by Crippen LogP contribution is -2.24. The lowest BCUT2D eigenvalue weighted by molar-refractivity contribution is -0.138. The van der Waals surface area contributed by atoms with Gasteiger partial charge in [-0.25, -0.2) is 4.99 Å². The average molecular weight is 367 g/mol. The number of hydrogen-bond acceptors (Lipinski definition) is 3. The molecule has 2 rings (SSSR count). The maximum absolute atomic E-state index is 12.9. The van der Waals surface area contributed by atoms with Gasteiger partial charge in [0.15, 0.2) is 5.96 Å². The van der Waals surface area contributed by atoms with Crippen molar-refractivity contribution in [1.82, 2.24) is 0 Å². The van der Waals surface area contributed by atoms with Gasteiger partial charge in [-0.3, -0.25) is 0 Å². The van der Waals surface area contributed by atoms with Gasteiger partial charge in [-0.05, 0) is 18.2 Å². The second kappa shape index (κ2) is 9.10. The molecule has 0 saturated carbocycles. The van der Waals surface area contributed by atoms with E-state index in [9.17, 15) is 13.2 Å². The normalized spacial score (nSPS) is 12.1. The van der Waals surface area contributed by atoms with Crippen molar-refractivity contribution in [3.63, 3.8) is 0 Å². The van der Waals surface area contributed by atoms with Gasteiger partial charge < -0.3 is 20.5 Å². The van der Waals surface area contributed by atoms with E-state index in [-0.39, 0.29) is 24.9 Å². The smallest absolute Gasteiger partial charge is 0.419 e. The molecule has 0 unspecified atom stereocenters. The fourth-order valence-electron chi connectivity index (χ4n) is 2.25. The number of para-hydroxylation sites is 2. The fraction of sp³-hybridized carbons (Fsp3) is 0.278. The van der Waals surface area contributed by atoms with Gasteiger partial charge in [0.1, 0.15) is 12.4 Å². The largest absolute Gasteiger partial charge is 0.491 e. The Balaban J connectivity index is 1.92. The summed E-state index contributed by atoms with van der Waals surface area (Å²) in [6, 6.07) is 12.5. The first-order chi connectivity index (χ1) is 12.4. The molecule has 0 aliphatic heterocycles. The molecule has 0 saturated heterocycles. The third-order valence-electron chi connectivity index (χ3n) is 3.40. The molecule has 0 heterocycles. The average Bonchev–Trinajstić information content (AvgIpc) is 2.60. The monoisotopic (exact) mass is 367 g/mol. The molecule has 0 amide bonds. The summed E-state index contributed by atoms with van der Waals surface area (Å²) >= 11 is 0. The van der Waals surface area contributed by atoms with Crippen molar-refractivity contribution >= 4 is 11.6 Å². The number of anilines is 1. The number of aliphatic imine (C=N–C) groups is 1. The lowest BCUT2D eigenvalue weighted by Gasteiger charge is -2.13. The molecular formula is C18H20F3N3O2. The molecule has 2 aromatic carbocycles. The number of nitrogens with two attached hydrogens (primary N) is 1. The van der Waals surface area contributed by atoms with Crippen LogP contribution in [0.5, 0.6) is 5.75 Å². The molecule has 3 N–H and O–H groups in total. The Hall–Kier alpha value is -2.74. The van der Waals surface area contributed by atoms with Crippen LogP contribution in [0.4, 0.5) is 18.9 Å². The van der Waals surface area contributed by atoms with Crippen molar-refractivity contribution in [3.05, 3.63) is 59.7 Å². The molecule has 0 radical (unpaired) electrons. The maximum atomic E-state index is 12.9. The summed E-state index contributed by atoms with van der Waals surface area (Å²) in [5.41, 5.74) is 6.65. The van der Waals surface area contributed by atoms with E-state index in [1.165, 1.54) is 18.2 Å². The molecule has 0 aliphatic rings. The predicted octanol–water partition coefficient (Wildman–Crippen LogP) is 3.66. The number of nitrogens with zero attached hydrogens (tertiary/aromatic N) is 1. The molecule has 140 valence electrons. The van der Waals surface area contributed by atoms with Gasteiger partial charge in [0.25, 0.3) is 0 Å². The maximum Gasteiger partial charge on any atom is 0.419 e. The Bertz CT molecular complexity index is 748. The van der Waals surface area contributed by atoms with Gasteiger partial charge in [0, 0.05) is 18.4 Å². The Morgan fingerprint density at radius 1 is 1.12 bits per heavy atom. The summed E-state index contributed by atoms with van der Waals surface area (Å²) in [5, 5.41) is 2.94. The fourth-order valence-corrected chi connectivity index (χ4v) is 2.25. The predicted molar refractivity (Wildman–Crippen MR) is 94.2 cm³/mol. The molecule has 0 aromatic heterocycles. The van der Waals surface area contributed by atoms with Crippen molar-refractivity contribution < 1.29 is 22.6 Å². The molecule has 0 bridgehead atoms. The Morgan fingerprint density at radius 3 is 2.54 bits per heavy atom. The summed E-state index contributed by atoms with van der Waals surface area (Å²) in [6.07, 6.45) is -4.47. The van der Waals surface area contributed by atoms with Crippen molar-refractivity contribution in [3.8, 4) is 5.75 Å². The molecule has 0 fully saturated rings. The van der Waals surface area contributed by atoms with Gasteiger partial charge in [0.05, 0.1) is 18.7 Å². The third-order valence-corrected chi connectivity index (χ3v) is 3.40. The number of rotatable bonds is 7. The highest BCUT2D eigenvalue weighted by molar-refractivity contribution is 5.92. The first-order valence-corrected chi connectivity index (χ1v) is 7.84. The van der Waals surface area contributed by atoms with E-state index in [0.29, 0.717) is 6.61 Å². The minimum atomic E-state index is -4.47. The van der Waals surface area contributed by atoms with E-state index in [2.05, 4.69) is 10.3 Å². The quantitative estimate of drug-likeness (QED) is 0.445. The molecule has 0 spiro atoms. The van der Waals surface area contributed by atoms with Crippen molar-refractivity contribution in [2.75, 3.05) is 25.6 Å². The van der Waals surface area contributed by atoms with Crippen LogP contribution < -0.4 is 15.8 Å². The molecule has 0 atom stereocenters. The summed E-state index contributed by atoms with van der Waals surface area (Å²) in [7, 11) is 1.59. The van der Waals surface area contributed by atoms with E-state index in [1.807, 2.05) is 24.3 Å². The van der Waals surface area contributed by atoms with Crippen molar-refractivity contribution in [2.24, 2.45) is 10.7 Å². The third kappa shape index (κ3) is 5.66. The molecule has 2 aromatic rings. The molecule has 0 aliphatic carbocycles. The van der Waals surface area contributed by atoms with Crippen LogP contribution in [0.15, 0.2) is 53.5 Å². The lowest BCUT2D eigenvalue weighted by atomic mass is 10.2. The standard InChI is InChI=1S/C18H20F3N3O2/c1-25-12-13-6-2-4-8-15(13)24-17(22)23-10-11-26-16-9-5-3-7-14(16)18(19,20)21/h2-9H,10-12H2,1H3,(H3,22,23,24). The first-order valence-electron chi connectivity index (χ1n) is 7.84. The van der Waals surface area contributed by atoms with Crippen LogP contribution in [0, 0.1) is 0 Å². The Labute approximate surface area is 149 Å². The second-order valence-corrected chi connectivity index (χ2v) is 5.32. The summed E-state index contributed by atoms with van der Waals surface area (Å²) in [6.45, 7) is 0.487. The van der Waals surface area contributed by atoms with Gasteiger partial charge in [-0.15, -0.1) is 0 Å². The Kier molecular flexibility index (Phi) is 6.85. The number of halogens is 3. The van der Waals surface area contributed by atoms with E-state index >= 15 is 0 Å². The number of methoxy groups -OCH3 is 1. The number of ether oxygens (including phenoxy) is 2. The molecule has 26 heavy (non-hydrogen) atoms. The zero-order valence-electron chi connectivity index (χ0n) is 14.2. The van der Waals surface area contributed by atoms with Gasteiger partial charge in [0.2, 0.25) is 0 Å². The second-order valence-electron chi connectivity index (χ2n) is 5.32. The van der Waals surface area contributed by atoms with Gasteiger partial charge >= 0.3 is 6.18 Å². The number of alkyl halides is 3. The van der Waals surface area contributed by atoms with Crippen LogP contribution in [-0.2, 0) is 17.5 Å². The SMILES string of the molecule is COCc1ccccc1NC(N)=NCCOc1ccccc1C(F)(F)F. The molecular weight excluding hydrogens is 347 g/mol. The highest BCUT2D eigenvalue weighted by atomic mass is 19.4. The van der Waals surface area contributed by atoms with E-state index in [4.69, 9.17) is 15.2 Å². The van der Waals surface area contributed by atoms with Crippen LogP contribution >= 0.6 is 0 Å². The van der Waals surface area contributed by atoms with Crippen LogP contribution in [0.25, 0.3) is 0 Å². The molecule has 8 heteroatoms. The van der Waals surface area contributed by atoms with Crippen LogP contribution in [-0.4, -0.2) is 26.2 Å². The number of nitrogens with one attached hydrogen (secondary N) is 1. The number of guanidine groups is 1. The van der Waals surface area contributed by atoms with E-state index in [1.54, 1.807) is 7.11 Å². The van der Waals surface area contributed by atoms with Crippen LogP contribution in [0.2, 0.25) is 0 Å². The molecule has 5 nitrogen and oxygen atoms in total. The zero-order chi connectivity index (χ0) is 19.0. The first kappa shape index (κ1) is 19.6. The van der Waals surface area contributed by atoms with Crippen molar-refractivity contribution in [1.29, 1.82) is 0 Å². The minimum Gasteiger partial charge on any atom is -0.491 e. The zero-order valence-corrected chi connectivity index (χ0v) is 14.2. The van der Waals surface area contributed by atoms with E-state index < -0.39 is 11.7 Å².